The number of ether oxygens (including phenoxy) is 1. The van der Waals surface area contributed by atoms with E-state index in [-0.39, 0.29) is 16.5 Å². The molecule has 3 aromatic rings. The van der Waals surface area contributed by atoms with Crippen molar-refractivity contribution in [1.29, 1.82) is 0 Å². The number of nitrogens with zero attached hydrogens (tertiary/aromatic N) is 2. The second kappa shape index (κ2) is 9.18. The predicted octanol–water partition coefficient (Wildman–Crippen LogP) is 3.34. The highest BCUT2D eigenvalue weighted by Gasteiger charge is 2.30. The smallest absolute Gasteiger partial charge is 0.268 e. The van der Waals surface area contributed by atoms with Crippen molar-refractivity contribution in [1.82, 2.24) is 14.2 Å². The van der Waals surface area contributed by atoms with Gasteiger partial charge in [0, 0.05) is 26.3 Å². The van der Waals surface area contributed by atoms with E-state index in [1.165, 1.54) is 16.6 Å². The van der Waals surface area contributed by atoms with Gasteiger partial charge >= 0.3 is 0 Å². The summed E-state index contributed by atoms with van der Waals surface area (Å²) in [6.45, 7) is 1.04. The number of aryl methyl sites for hydroxylation is 1. The molecule has 8 heteroatoms. The molecule has 1 N–H and O–H groups in total. The molecule has 1 aromatic heterocycles. The summed E-state index contributed by atoms with van der Waals surface area (Å²) < 4.78 is 34.1. The average molecular weight is 454 g/mol. The van der Waals surface area contributed by atoms with Crippen LogP contribution in [0.5, 0.6) is 5.75 Å². The van der Waals surface area contributed by atoms with Gasteiger partial charge in [0.15, 0.2) is 0 Å². The number of amides is 1. The van der Waals surface area contributed by atoms with Gasteiger partial charge in [-0.3, -0.25) is 4.79 Å². The molecule has 1 amide bonds. The molecule has 2 heterocycles. The summed E-state index contributed by atoms with van der Waals surface area (Å²) in [5.74, 6) is 0.381. The molecule has 168 valence electrons. The summed E-state index contributed by atoms with van der Waals surface area (Å²) in [4.78, 5) is 13.4. The lowest BCUT2D eigenvalue weighted by Crippen LogP contribution is -2.30. The number of hydrogen-bond acceptors (Lipinski definition) is 4. The molecule has 0 saturated carbocycles. The lowest BCUT2D eigenvalue weighted by Gasteiger charge is -2.20. The minimum Gasteiger partial charge on any atom is -0.497 e. The second-order valence-corrected chi connectivity index (χ2v) is 9.81. The summed E-state index contributed by atoms with van der Waals surface area (Å²) in [5, 5.41) is 3.07. The third-order valence-electron chi connectivity index (χ3n) is 5.77. The highest BCUT2D eigenvalue weighted by molar-refractivity contribution is 7.89. The molecule has 0 bridgehead atoms. The molecule has 32 heavy (non-hydrogen) atoms. The van der Waals surface area contributed by atoms with E-state index in [2.05, 4.69) is 5.32 Å². The average Bonchev–Trinajstić information content (AvgIpc) is 3.49. The molecule has 2 aromatic carbocycles. The fraction of sp³-hybridized carbons (Fsp3) is 0.292. The number of rotatable bonds is 7. The maximum atomic E-state index is 13.2. The summed E-state index contributed by atoms with van der Waals surface area (Å²) >= 11 is 0. The number of sulfonamides is 1. The number of nitrogens with one attached hydrogen (secondary N) is 1. The van der Waals surface area contributed by atoms with Crippen LogP contribution in [0, 0.1) is 0 Å². The van der Waals surface area contributed by atoms with Gasteiger partial charge in [0.1, 0.15) is 16.3 Å². The Morgan fingerprint density at radius 1 is 1.00 bits per heavy atom. The number of carbonyl (C=O) groups excluding carboxylic acids is 1. The Bertz CT molecular complexity index is 1180. The Labute approximate surface area is 188 Å². The van der Waals surface area contributed by atoms with Gasteiger partial charge in [-0.25, -0.2) is 8.42 Å². The maximum absolute atomic E-state index is 13.2. The first kappa shape index (κ1) is 22.1. The molecule has 1 saturated heterocycles. The van der Waals surface area contributed by atoms with Crippen molar-refractivity contribution >= 4 is 15.9 Å². The standard InChI is InChI=1S/C24H27N3O4S/c1-26-17-21(32(29,30)27-14-6-7-15-27)16-22(26)24(28)25-23(18-8-4-3-5-9-18)19-10-12-20(31-2)13-11-19/h3-5,8-13,16-17,23H,6-7,14-15H2,1-2H3,(H,25,28). The van der Waals surface area contributed by atoms with Gasteiger partial charge in [-0.1, -0.05) is 42.5 Å². The molecule has 1 atom stereocenters. The summed E-state index contributed by atoms with van der Waals surface area (Å²) in [5.41, 5.74) is 2.10. The van der Waals surface area contributed by atoms with Gasteiger partial charge in [0.05, 0.1) is 13.2 Å². The van der Waals surface area contributed by atoms with Crippen molar-refractivity contribution in [3.05, 3.63) is 83.7 Å². The first-order valence-electron chi connectivity index (χ1n) is 10.6. The molecule has 0 radical (unpaired) electrons. The fourth-order valence-corrected chi connectivity index (χ4v) is 5.57. The van der Waals surface area contributed by atoms with Gasteiger partial charge < -0.3 is 14.6 Å². The van der Waals surface area contributed by atoms with Crippen LogP contribution in [0.3, 0.4) is 0 Å². The third kappa shape index (κ3) is 4.42. The molecular weight excluding hydrogens is 426 g/mol. The topological polar surface area (TPSA) is 80.6 Å². The van der Waals surface area contributed by atoms with Crippen LogP contribution >= 0.6 is 0 Å². The van der Waals surface area contributed by atoms with Crippen molar-refractivity contribution < 1.29 is 17.9 Å². The van der Waals surface area contributed by atoms with E-state index in [0.717, 1.165) is 29.7 Å². The van der Waals surface area contributed by atoms with Crippen LogP contribution in [0.4, 0.5) is 0 Å². The zero-order chi connectivity index (χ0) is 22.7. The van der Waals surface area contributed by atoms with Gasteiger partial charge in [0.2, 0.25) is 10.0 Å². The van der Waals surface area contributed by atoms with E-state index in [9.17, 15) is 13.2 Å². The Morgan fingerprint density at radius 3 is 2.25 bits per heavy atom. The van der Waals surface area contributed by atoms with E-state index < -0.39 is 16.1 Å². The predicted molar refractivity (Wildman–Crippen MR) is 122 cm³/mol. The van der Waals surface area contributed by atoms with Crippen molar-refractivity contribution in [3.8, 4) is 5.75 Å². The van der Waals surface area contributed by atoms with E-state index in [1.807, 2.05) is 54.6 Å². The Hall–Kier alpha value is -3.10. The zero-order valence-corrected chi connectivity index (χ0v) is 19.0. The second-order valence-electron chi connectivity index (χ2n) is 7.87. The van der Waals surface area contributed by atoms with Gasteiger partial charge in [-0.05, 0) is 42.2 Å². The molecule has 4 rings (SSSR count). The van der Waals surface area contributed by atoms with Crippen LogP contribution in [0.25, 0.3) is 0 Å². The van der Waals surface area contributed by atoms with Crippen LogP contribution in [0.2, 0.25) is 0 Å². The van der Waals surface area contributed by atoms with Crippen molar-refractivity contribution in [3.63, 3.8) is 0 Å². The van der Waals surface area contributed by atoms with E-state index >= 15 is 0 Å². The molecule has 1 fully saturated rings. The highest BCUT2D eigenvalue weighted by Crippen LogP contribution is 2.26. The van der Waals surface area contributed by atoms with Crippen molar-refractivity contribution in [2.45, 2.75) is 23.8 Å². The van der Waals surface area contributed by atoms with E-state index in [4.69, 9.17) is 4.74 Å². The molecule has 1 aliphatic rings. The highest BCUT2D eigenvalue weighted by atomic mass is 32.2. The quantitative estimate of drug-likeness (QED) is 0.595. The third-order valence-corrected chi connectivity index (χ3v) is 7.64. The van der Waals surface area contributed by atoms with E-state index in [0.29, 0.717) is 13.1 Å². The molecule has 1 unspecified atom stereocenters. The monoisotopic (exact) mass is 453 g/mol. The van der Waals surface area contributed by atoms with Crippen LogP contribution in [0.1, 0.15) is 40.5 Å². The number of benzene rings is 2. The zero-order valence-electron chi connectivity index (χ0n) is 18.2. The SMILES string of the molecule is COc1ccc(C(NC(=O)c2cc(S(=O)(=O)N3CCCC3)cn2C)c2ccccc2)cc1. The minimum atomic E-state index is -3.60. The molecule has 7 nitrogen and oxygen atoms in total. The van der Waals surface area contributed by atoms with Crippen LogP contribution < -0.4 is 10.1 Å². The first-order chi connectivity index (χ1) is 15.4. The molecule has 0 spiro atoms. The van der Waals surface area contributed by atoms with Gasteiger partial charge in [-0.2, -0.15) is 4.31 Å². The number of methoxy groups -OCH3 is 1. The summed E-state index contributed by atoms with van der Waals surface area (Å²) in [7, 11) is -0.307. The lowest BCUT2D eigenvalue weighted by atomic mass is 9.98. The van der Waals surface area contributed by atoms with Crippen LogP contribution in [-0.4, -0.2) is 43.4 Å². The largest absolute Gasteiger partial charge is 0.497 e. The number of aromatic nitrogens is 1. The number of carbonyl (C=O) groups is 1. The van der Waals surface area contributed by atoms with Gasteiger partial charge in [0.25, 0.3) is 5.91 Å². The van der Waals surface area contributed by atoms with Gasteiger partial charge in [-0.15, -0.1) is 0 Å². The summed E-state index contributed by atoms with van der Waals surface area (Å²) in [6, 6.07) is 18.2. The summed E-state index contributed by atoms with van der Waals surface area (Å²) in [6.07, 6.45) is 3.23. The van der Waals surface area contributed by atoms with Crippen LogP contribution in [-0.2, 0) is 17.1 Å². The van der Waals surface area contributed by atoms with Crippen molar-refractivity contribution in [2.24, 2.45) is 7.05 Å². The fourth-order valence-electron chi connectivity index (χ4n) is 3.98. The van der Waals surface area contributed by atoms with E-state index in [1.54, 1.807) is 18.7 Å². The molecular formula is C24H27N3O4S. The number of hydrogen-bond donors (Lipinski definition) is 1. The molecule has 0 aliphatic carbocycles. The maximum Gasteiger partial charge on any atom is 0.268 e. The minimum absolute atomic E-state index is 0.146. The Morgan fingerprint density at radius 2 is 1.62 bits per heavy atom. The Kier molecular flexibility index (Phi) is 6.34. The van der Waals surface area contributed by atoms with Crippen LogP contribution in [0.15, 0.2) is 71.8 Å². The van der Waals surface area contributed by atoms with Crippen molar-refractivity contribution in [2.75, 3.05) is 20.2 Å². The Balaban J connectivity index is 1.63. The normalized spacial score (nSPS) is 15.4. The lowest BCUT2D eigenvalue weighted by molar-refractivity contribution is 0.0934. The molecule has 1 aliphatic heterocycles. The first-order valence-corrected chi connectivity index (χ1v) is 12.0.